The Bertz CT molecular complexity index is 2900. The van der Waals surface area contributed by atoms with Crippen LogP contribution in [0.25, 0.3) is 22.3 Å². The fourth-order valence-corrected chi connectivity index (χ4v) is 9.23. The minimum Gasteiger partial charge on any atom is -0.372 e. The number of benzene rings is 9. The Kier molecular flexibility index (Phi) is 20.6. The fourth-order valence-electron chi connectivity index (χ4n) is 8.74. The van der Waals surface area contributed by atoms with E-state index in [-0.39, 0.29) is 7.43 Å². The number of anilines is 8. The second-order valence-corrected chi connectivity index (χ2v) is 18.9. The molecule has 9 aromatic rings. The molecule has 0 saturated heterocycles. The number of aryl methyl sites for hydroxylation is 3. The summed E-state index contributed by atoms with van der Waals surface area (Å²) in [5, 5.41) is 2.26. The summed E-state index contributed by atoms with van der Waals surface area (Å²) in [6.45, 7) is 19.0. The minimum absolute atomic E-state index is 0. The van der Waals surface area contributed by atoms with Crippen LogP contribution in [0, 0.1) is 20.8 Å². The van der Waals surface area contributed by atoms with Gasteiger partial charge in [-0.3, -0.25) is 0 Å². The lowest BCUT2D eigenvalue weighted by Crippen LogP contribution is -2.21. The highest BCUT2D eigenvalue weighted by Crippen LogP contribution is 2.39. The number of rotatable bonds is 14. The van der Waals surface area contributed by atoms with Crippen molar-refractivity contribution in [2.45, 2.75) is 55.9 Å². The third-order valence-electron chi connectivity index (χ3n) is 12.6. The molecule has 0 radical (unpaired) electrons. The van der Waals surface area contributed by atoms with Gasteiger partial charge in [-0.1, -0.05) is 138 Å². The summed E-state index contributed by atoms with van der Waals surface area (Å²) in [6.07, 6.45) is 0. The van der Waals surface area contributed by atoms with Gasteiger partial charge in [0, 0.05) is 86.7 Å². The first kappa shape index (κ1) is 55.4. The molecule has 0 unspecified atom stereocenters. The molecule has 0 aliphatic carbocycles. The largest absolute Gasteiger partial charge is 0.372 e. The third kappa shape index (κ3) is 15.1. The molecule has 9 rings (SSSR count). The van der Waals surface area contributed by atoms with E-state index < -0.39 is 0 Å². The maximum atomic E-state index is 6.08. The zero-order valence-electron chi connectivity index (χ0n) is 42.5. The van der Waals surface area contributed by atoms with Crippen LogP contribution in [0.2, 0.25) is 15.1 Å². The molecular weight excluding hydrogens is 955 g/mol. The van der Waals surface area contributed by atoms with Gasteiger partial charge in [0.15, 0.2) is 0 Å². The molecule has 0 atom stereocenters. The van der Waals surface area contributed by atoms with Crippen molar-refractivity contribution in [3.05, 3.63) is 250 Å². The van der Waals surface area contributed by atoms with Crippen LogP contribution in [0.15, 0.2) is 218 Å². The zero-order chi connectivity index (χ0) is 51.0. The molecule has 9 aromatic carbocycles. The molecule has 73 heavy (non-hydrogen) atoms. The number of halogens is 3. The summed E-state index contributed by atoms with van der Waals surface area (Å²) in [5.74, 6) is 0. The molecule has 4 nitrogen and oxygen atoms in total. The molecule has 0 aliphatic heterocycles. The van der Waals surface area contributed by atoms with Crippen LogP contribution in [-0.2, 0) is 0 Å². The van der Waals surface area contributed by atoms with Crippen LogP contribution in [0.5, 0.6) is 0 Å². The van der Waals surface area contributed by atoms with Crippen molar-refractivity contribution in [1.29, 1.82) is 0 Å². The maximum Gasteiger partial charge on any atom is 0.0463 e. The lowest BCUT2D eigenvalue weighted by molar-refractivity contribution is 0.866. The lowest BCUT2D eigenvalue weighted by atomic mass is 10.0. The van der Waals surface area contributed by atoms with Crippen molar-refractivity contribution >= 4 is 80.3 Å². The standard InChI is InChI=1S/C36H36N2.C22H22Cl2N2.C7H7Cl.CH4/c1-5-37(6-2)33-21-23-36(24-22-33)38(34-17-13-29(14-18-34)31-11-7-9-27(3)25-31)35-19-15-30(16-20-35)32-12-8-10-28(4)26-32;1-3-25(4-2)19-13-15-22(16-14-19)26(20-9-5-17(23)6-10-20)21-11-7-18(24)8-12-21;1-6-3-2-4-7(8)5-6;/h7-26H,5-6H2,1-4H3;5-16H,3-4H2,1-2H3;2-5H,1H3;1H4. The average Bonchev–Trinajstić information content (AvgIpc) is 3.40. The maximum absolute atomic E-state index is 6.08. The molecule has 0 bridgehead atoms. The Morgan fingerprint density at radius 1 is 0.274 bits per heavy atom. The van der Waals surface area contributed by atoms with E-state index >= 15 is 0 Å². The van der Waals surface area contributed by atoms with Crippen LogP contribution < -0.4 is 19.6 Å². The lowest BCUT2D eigenvalue weighted by Gasteiger charge is -2.27. The van der Waals surface area contributed by atoms with E-state index in [4.69, 9.17) is 34.8 Å². The predicted molar refractivity (Wildman–Crippen MR) is 323 cm³/mol. The van der Waals surface area contributed by atoms with E-state index in [0.29, 0.717) is 0 Å². The van der Waals surface area contributed by atoms with Crippen molar-refractivity contribution in [3.63, 3.8) is 0 Å². The van der Waals surface area contributed by atoms with E-state index in [1.165, 1.54) is 50.3 Å². The molecule has 0 fully saturated rings. The van der Waals surface area contributed by atoms with Crippen molar-refractivity contribution in [1.82, 2.24) is 0 Å². The molecule has 0 heterocycles. The monoisotopic (exact) mass is 1020 g/mol. The highest BCUT2D eigenvalue weighted by molar-refractivity contribution is 6.31. The van der Waals surface area contributed by atoms with Crippen molar-refractivity contribution in [3.8, 4) is 22.3 Å². The van der Waals surface area contributed by atoms with Crippen LogP contribution in [-0.4, -0.2) is 26.2 Å². The molecule has 0 spiro atoms. The molecule has 7 heteroatoms. The first-order valence-corrected chi connectivity index (χ1v) is 26.0. The fraction of sp³-hybridized carbons (Fsp3) is 0.182. The van der Waals surface area contributed by atoms with Gasteiger partial charge in [-0.05, 0) is 210 Å². The third-order valence-corrected chi connectivity index (χ3v) is 13.3. The van der Waals surface area contributed by atoms with E-state index in [2.05, 4.69) is 207 Å². The number of hydrogen-bond donors (Lipinski definition) is 0. The van der Waals surface area contributed by atoms with Crippen LogP contribution >= 0.6 is 34.8 Å². The predicted octanol–water partition coefficient (Wildman–Crippen LogP) is 20.5. The van der Waals surface area contributed by atoms with Crippen molar-refractivity contribution in [2.75, 3.05) is 45.8 Å². The molecule has 0 amide bonds. The molecule has 0 aromatic heterocycles. The van der Waals surface area contributed by atoms with Gasteiger partial charge < -0.3 is 19.6 Å². The zero-order valence-corrected chi connectivity index (χ0v) is 44.8. The minimum atomic E-state index is 0. The summed E-state index contributed by atoms with van der Waals surface area (Å²) >= 11 is 17.8. The summed E-state index contributed by atoms with van der Waals surface area (Å²) in [5.41, 5.74) is 17.8. The van der Waals surface area contributed by atoms with Crippen molar-refractivity contribution < 1.29 is 0 Å². The second-order valence-electron chi connectivity index (χ2n) is 17.6. The Hall–Kier alpha value is -6.95. The summed E-state index contributed by atoms with van der Waals surface area (Å²) in [6, 6.07) is 76.2. The molecule has 0 saturated carbocycles. The van der Waals surface area contributed by atoms with Gasteiger partial charge in [0.2, 0.25) is 0 Å². The van der Waals surface area contributed by atoms with Crippen molar-refractivity contribution in [2.24, 2.45) is 0 Å². The van der Waals surface area contributed by atoms with Gasteiger partial charge in [0.1, 0.15) is 0 Å². The van der Waals surface area contributed by atoms with Gasteiger partial charge in [-0.2, -0.15) is 0 Å². The number of hydrogen-bond acceptors (Lipinski definition) is 4. The highest BCUT2D eigenvalue weighted by atomic mass is 35.5. The van der Waals surface area contributed by atoms with Gasteiger partial charge >= 0.3 is 0 Å². The molecule has 0 aliphatic rings. The summed E-state index contributed by atoms with van der Waals surface area (Å²) < 4.78 is 0. The topological polar surface area (TPSA) is 13.0 Å². The summed E-state index contributed by atoms with van der Waals surface area (Å²) in [4.78, 5) is 9.24. The second kappa shape index (κ2) is 27.2. The molecular formula is C66H69Cl3N4. The van der Waals surface area contributed by atoms with E-state index in [9.17, 15) is 0 Å². The molecule has 374 valence electrons. The average molecular weight is 1020 g/mol. The summed E-state index contributed by atoms with van der Waals surface area (Å²) in [7, 11) is 0. The number of nitrogens with zero attached hydrogens (tertiary/aromatic N) is 4. The van der Waals surface area contributed by atoms with Gasteiger partial charge in [-0.15, -0.1) is 0 Å². The van der Waals surface area contributed by atoms with Crippen LogP contribution in [0.1, 0.15) is 51.8 Å². The van der Waals surface area contributed by atoms with Gasteiger partial charge in [0.05, 0.1) is 0 Å². The Balaban J connectivity index is 0.000000214. The quantitative estimate of drug-likeness (QED) is 0.108. The van der Waals surface area contributed by atoms with Crippen LogP contribution in [0.3, 0.4) is 0 Å². The first-order valence-electron chi connectivity index (χ1n) is 24.8. The first-order chi connectivity index (χ1) is 35.0. The van der Waals surface area contributed by atoms with E-state index in [1.807, 2.05) is 79.7 Å². The van der Waals surface area contributed by atoms with Gasteiger partial charge in [-0.25, -0.2) is 0 Å². The SMILES string of the molecule is C.CCN(CC)c1ccc(N(c2ccc(-c3cccc(C)c3)cc2)c2ccc(-c3cccc(C)c3)cc2)cc1.CCN(CC)c1ccc(N(c2ccc(Cl)cc2)c2ccc(Cl)cc2)cc1.Cc1cccc(Cl)c1. The van der Waals surface area contributed by atoms with Crippen LogP contribution in [0.4, 0.5) is 45.5 Å². The Morgan fingerprint density at radius 3 is 0.795 bits per heavy atom. The van der Waals surface area contributed by atoms with E-state index in [0.717, 1.165) is 75.4 Å². The van der Waals surface area contributed by atoms with Gasteiger partial charge in [0.25, 0.3) is 0 Å². The Labute approximate surface area is 451 Å². The normalized spacial score (nSPS) is 10.4. The smallest absolute Gasteiger partial charge is 0.0463 e. The highest BCUT2D eigenvalue weighted by Gasteiger charge is 2.16. The molecule has 0 N–H and O–H groups in total. The van der Waals surface area contributed by atoms with E-state index in [1.54, 1.807) is 0 Å². The Morgan fingerprint density at radius 2 is 0.534 bits per heavy atom.